The Hall–Kier alpha value is -12.7. The van der Waals surface area contributed by atoms with E-state index in [0.29, 0.717) is 5.56 Å². The van der Waals surface area contributed by atoms with Crippen LogP contribution in [0.1, 0.15) is 122 Å². The maximum Gasteiger partial charge on any atom is 0.245 e. The number of carbonyl (C=O) groups excluding carboxylic acids is 12. The van der Waals surface area contributed by atoms with Crippen molar-refractivity contribution in [2.24, 2.45) is 51.6 Å². The minimum absolute atomic E-state index is 0.00231. The van der Waals surface area contributed by atoms with Gasteiger partial charge in [0.1, 0.15) is 66.5 Å². The van der Waals surface area contributed by atoms with E-state index in [1.807, 2.05) is 0 Å². The van der Waals surface area contributed by atoms with Crippen LogP contribution in [0, 0.1) is 43.3 Å². The number of primary amides is 1. The van der Waals surface area contributed by atoms with E-state index >= 15 is 0 Å². The molecule has 1 aromatic rings. The molecule has 0 unspecified atom stereocenters. The molecule has 0 spiro atoms. The Kier molecular flexibility index (Phi) is 49.4. The van der Waals surface area contributed by atoms with E-state index in [1.54, 1.807) is 30.3 Å². The average Bonchev–Trinajstić information content (AvgIpc) is 0.867. The number of rotatable bonds is 58. The summed E-state index contributed by atoms with van der Waals surface area (Å²) in [7, 11) is 0. The number of amides is 12. The molecule has 12 atom stereocenters. The number of carbonyl (C=O) groups is 12. The molecule has 116 heavy (non-hydrogen) atoms. The molecule has 0 bridgehead atoms. The number of hydrogen-bond acceptors (Lipinski definition) is 22. The van der Waals surface area contributed by atoms with Crippen molar-refractivity contribution in [1.29, 1.82) is 43.3 Å². The average molecular weight is 1660 g/mol. The van der Waals surface area contributed by atoms with E-state index in [1.165, 1.54) is 6.92 Å². The van der Waals surface area contributed by atoms with E-state index in [4.69, 9.17) is 94.9 Å². The highest BCUT2D eigenvalue weighted by atomic mass is 32.1. The molecule has 0 aromatic heterocycles. The molecule has 0 heterocycles. The molecular weight excluding hydrogens is 1540 g/mol. The van der Waals surface area contributed by atoms with Gasteiger partial charge in [0, 0.05) is 71.5 Å². The van der Waals surface area contributed by atoms with Crippen LogP contribution in [-0.4, -0.2) is 254 Å². The molecule has 0 saturated carbocycles. The van der Waals surface area contributed by atoms with E-state index in [-0.39, 0.29) is 167 Å². The van der Waals surface area contributed by atoms with Crippen LogP contribution in [0.2, 0.25) is 0 Å². The first-order chi connectivity index (χ1) is 54.7. The predicted molar refractivity (Wildman–Crippen MR) is 435 cm³/mol. The Labute approximate surface area is 676 Å². The molecular formula is C66H122N36O13S. The summed E-state index contributed by atoms with van der Waals surface area (Å²) < 4.78 is 0. The topological polar surface area (TPSA) is 879 Å². The van der Waals surface area contributed by atoms with Gasteiger partial charge < -0.3 is 158 Å². The lowest BCUT2D eigenvalue weighted by Crippen LogP contribution is -2.61. The van der Waals surface area contributed by atoms with Crippen LogP contribution in [0.15, 0.2) is 30.3 Å². The van der Waals surface area contributed by atoms with Gasteiger partial charge in [-0.2, -0.15) is 12.6 Å². The van der Waals surface area contributed by atoms with Crippen LogP contribution < -0.4 is 153 Å². The Morgan fingerprint density at radius 1 is 0.310 bits per heavy atom. The third kappa shape index (κ3) is 45.7. The summed E-state index contributed by atoms with van der Waals surface area (Å²) in [6, 6.07) is -8.47. The first-order valence-electron chi connectivity index (χ1n) is 37.3. The van der Waals surface area contributed by atoms with Gasteiger partial charge >= 0.3 is 0 Å². The normalized spacial score (nSPS) is 13.8. The van der Waals surface area contributed by atoms with Gasteiger partial charge in [-0.05, 0) is 115 Å². The Balaban J connectivity index is 4.06. The van der Waals surface area contributed by atoms with Crippen molar-refractivity contribution in [3.05, 3.63) is 35.9 Å². The molecule has 0 aliphatic rings. The first-order valence-corrected chi connectivity index (χ1v) is 37.9. The highest BCUT2D eigenvalue weighted by Gasteiger charge is 2.37. The van der Waals surface area contributed by atoms with E-state index < -0.39 is 191 Å². The Bertz CT molecular complexity index is 3470. The zero-order chi connectivity index (χ0) is 87.4. The van der Waals surface area contributed by atoms with Gasteiger partial charge in [0.15, 0.2) is 47.7 Å². The Morgan fingerprint density at radius 2 is 0.509 bits per heavy atom. The fourth-order valence-electron chi connectivity index (χ4n) is 11.0. The fourth-order valence-corrected chi connectivity index (χ4v) is 11.2. The van der Waals surface area contributed by atoms with Gasteiger partial charge in [0.05, 0.1) is 6.10 Å². The summed E-state index contributed by atoms with van der Waals surface area (Å²) in [5.41, 5.74) is 50.4. The number of aliphatic hydroxyl groups excluding tert-OH is 1. The van der Waals surface area contributed by atoms with Gasteiger partial charge in [0.25, 0.3) is 0 Å². The number of hydrogen-bond donors (Lipinski definition) is 38. The van der Waals surface area contributed by atoms with E-state index in [9.17, 15) is 62.6 Å². The van der Waals surface area contributed by atoms with Crippen LogP contribution in [-0.2, 0) is 64.0 Å². The minimum atomic E-state index is -1.63. The van der Waals surface area contributed by atoms with Crippen LogP contribution in [0.4, 0.5) is 0 Å². The molecule has 0 aliphatic carbocycles. The summed E-state index contributed by atoms with van der Waals surface area (Å²) in [6.45, 7) is 2.29. The second-order valence-corrected chi connectivity index (χ2v) is 27.0. The highest BCUT2D eigenvalue weighted by molar-refractivity contribution is 7.80. The van der Waals surface area contributed by atoms with Crippen molar-refractivity contribution in [1.82, 2.24) is 101 Å². The molecule has 0 radical (unpaired) electrons. The quantitative estimate of drug-likeness (QED) is 0.0125. The lowest BCUT2D eigenvalue weighted by Gasteiger charge is -2.29. The summed E-state index contributed by atoms with van der Waals surface area (Å²) in [4.78, 5) is 170. The SMILES string of the molecule is CC(=O)N[C@H](C(=O)N[C@H](Cc1ccccc1)C(=O)N[C@H](CS)C(=O)N[C@H](CCCNC(=N)N)C(=O)N[C@H](CCCNC(=N)N)C(=O)N[C@H](CCCNC(=N)N)C(=O)N[C@H](CCCNC(=N)N)C(=O)N[C@H](CCCNC(=N)N)C(=O)N[C@H](CCCNC(=N)N)C(=O)N[C@H](CCCNC(=N)N)C(=O)N[C@H](CCCNC(=N)N)C(N)=O)[C@@H](C)O. The summed E-state index contributed by atoms with van der Waals surface area (Å²) in [5, 5.41) is 121. The first kappa shape index (κ1) is 101. The molecule has 1 aromatic carbocycles. The number of nitrogens with two attached hydrogens (primary N) is 9. The second kappa shape index (κ2) is 56.5. The molecule has 0 aliphatic heterocycles. The number of guanidine groups is 8. The zero-order valence-electron chi connectivity index (χ0n) is 65.2. The van der Waals surface area contributed by atoms with Gasteiger partial charge in [-0.1, -0.05) is 30.3 Å². The molecule has 12 amide bonds. The predicted octanol–water partition coefficient (Wildman–Crippen LogP) is -11.5. The molecule has 0 fully saturated rings. The zero-order valence-corrected chi connectivity index (χ0v) is 66.1. The fraction of sp³-hybridized carbons (Fsp3) is 0.606. The summed E-state index contributed by atoms with van der Waals surface area (Å²) >= 11 is 4.32. The molecule has 46 N–H and O–H groups in total. The van der Waals surface area contributed by atoms with Crippen molar-refractivity contribution in [2.45, 2.75) is 196 Å². The molecule has 0 saturated heterocycles. The summed E-state index contributed by atoms with van der Waals surface area (Å²) in [6.07, 6.45) is -2.98. The maximum atomic E-state index is 15.0. The van der Waals surface area contributed by atoms with Crippen molar-refractivity contribution < 1.29 is 62.6 Å². The third-order valence-corrected chi connectivity index (χ3v) is 17.2. The number of aliphatic hydroxyl groups is 1. The number of nitrogens with one attached hydrogen (secondary N) is 27. The van der Waals surface area contributed by atoms with Crippen molar-refractivity contribution in [3.63, 3.8) is 0 Å². The monoisotopic (exact) mass is 1660 g/mol. The van der Waals surface area contributed by atoms with Crippen LogP contribution in [0.5, 0.6) is 0 Å². The maximum absolute atomic E-state index is 15.0. The molecule has 49 nitrogen and oxygen atoms in total. The molecule has 1 rings (SSSR count). The number of thiol groups is 1. The van der Waals surface area contributed by atoms with Crippen molar-refractivity contribution >= 4 is 131 Å². The van der Waals surface area contributed by atoms with Crippen LogP contribution in [0.25, 0.3) is 0 Å². The molecule has 50 heteroatoms. The van der Waals surface area contributed by atoms with Gasteiger partial charge in [0.2, 0.25) is 70.9 Å². The number of benzene rings is 1. The van der Waals surface area contributed by atoms with E-state index in [2.05, 4.69) is 114 Å². The van der Waals surface area contributed by atoms with Crippen molar-refractivity contribution in [2.75, 3.05) is 58.1 Å². The second-order valence-electron chi connectivity index (χ2n) is 26.7. The molecule has 650 valence electrons. The largest absolute Gasteiger partial charge is 0.391 e. The van der Waals surface area contributed by atoms with Crippen molar-refractivity contribution in [3.8, 4) is 0 Å². The van der Waals surface area contributed by atoms with Crippen LogP contribution >= 0.6 is 12.6 Å². The lowest BCUT2D eigenvalue weighted by atomic mass is 10.0. The third-order valence-electron chi connectivity index (χ3n) is 16.8. The standard InChI is InChI=1S/C66H122N36O13S/c1-34(103)47(92-35(2)104)58(115)101-45(32-36-14-4-3-5-15-36)56(113)102-46(33-116)57(114)100-44(23-13-31-91-66(82)83)55(112)99-43(22-12-30-90-65(80)81)54(111)98-42(21-11-29-89-64(78)79)53(110)97-41(20-10-28-88-63(76)77)52(109)96-40(19-9-27-87-62(74)75)51(108)95-39(18-8-26-86-61(72)73)50(107)94-38(17-7-25-85-60(70)71)49(106)93-37(48(67)105)16-6-24-84-59(68)69/h3-5,14-15,34,37-47,103,116H,6-13,16-33H2,1-2H3,(H2,67,105)(H,92,104)(H,93,106)(H,94,107)(H,95,108)(H,96,109)(H,97,110)(H,98,111)(H,99,112)(H,100,114)(H,101,115)(H,102,113)(H4,68,69,84)(H4,70,71,85)(H4,72,73,86)(H4,74,75,87)(H4,76,77,88)(H4,78,79,89)(H4,80,81,90)(H4,82,83,91)/t34-,37-,38-,39-,40-,41-,42-,43-,44-,45-,46-,47+/m1/s1. The smallest absolute Gasteiger partial charge is 0.245 e. The lowest BCUT2D eigenvalue weighted by molar-refractivity contribution is -0.136. The minimum Gasteiger partial charge on any atom is -0.391 e. The summed E-state index contributed by atoms with van der Waals surface area (Å²) in [5.74, 6) is -15.3. The Morgan fingerprint density at radius 3 is 0.716 bits per heavy atom. The van der Waals surface area contributed by atoms with E-state index in [0.717, 1.165) is 6.92 Å². The highest BCUT2D eigenvalue weighted by Crippen LogP contribution is 2.13. The van der Waals surface area contributed by atoms with Gasteiger partial charge in [-0.3, -0.25) is 101 Å². The van der Waals surface area contributed by atoms with Crippen LogP contribution in [0.3, 0.4) is 0 Å². The van der Waals surface area contributed by atoms with Gasteiger partial charge in [-0.15, -0.1) is 0 Å². The van der Waals surface area contributed by atoms with Gasteiger partial charge in [-0.25, -0.2) is 0 Å².